The molecule has 5 heteroatoms. The highest BCUT2D eigenvalue weighted by Crippen LogP contribution is 2.24. The SMILES string of the molecule is O=C(O)c1conc1C1CCCCN1. The molecule has 2 rings (SSSR count). The molecule has 0 spiro atoms. The van der Waals surface area contributed by atoms with Crippen molar-refractivity contribution >= 4 is 5.97 Å². The Morgan fingerprint density at radius 1 is 1.64 bits per heavy atom. The molecular formula is C9H12N2O3. The largest absolute Gasteiger partial charge is 0.478 e. The van der Waals surface area contributed by atoms with Crippen LogP contribution in [0, 0.1) is 0 Å². The normalized spacial score (nSPS) is 22.1. The molecule has 0 aliphatic carbocycles. The van der Waals surface area contributed by atoms with E-state index in [1.54, 1.807) is 0 Å². The van der Waals surface area contributed by atoms with Crippen molar-refractivity contribution in [3.63, 3.8) is 0 Å². The van der Waals surface area contributed by atoms with Gasteiger partial charge in [0.1, 0.15) is 17.5 Å². The quantitative estimate of drug-likeness (QED) is 0.743. The molecule has 0 aromatic carbocycles. The van der Waals surface area contributed by atoms with Gasteiger partial charge in [0.25, 0.3) is 0 Å². The third-order valence-electron chi connectivity index (χ3n) is 2.47. The summed E-state index contributed by atoms with van der Waals surface area (Å²) in [6, 6.07) is 0.0357. The van der Waals surface area contributed by atoms with E-state index in [1.807, 2.05) is 0 Å². The smallest absolute Gasteiger partial charge is 0.341 e. The van der Waals surface area contributed by atoms with Crippen molar-refractivity contribution in [2.75, 3.05) is 6.54 Å². The Morgan fingerprint density at radius 2 is 2.50 bits per heavy atom. The van der Waals surface area contributed by atoms with E-state index >= 15 is 0 Å². The Balaban J connectivity index is 2.21. The minimum Gasteiger partial charge on any atom is -0.478 e. The summed E-state index contributed by atoms with van der Waals surface area (Å²) in [6.07, 6.45) is 4.35. The van der Waals surface area contributed by atoms with Crippen molar-refractivity contribution in [2.24, 2.45) is 0 Å². The first kappa shape index (κ1) is 9.21. The monoisotopic (exact) mass is 196 g/mol. The molecule has 1 saturated heterocycles. The van der Waals surface area contributed by atoms with Crippen LogP contribution in [0.2, 0.25) is 0 Å². The van der Waals surface area contributed by atoms with E-state index < -0.39 is 5.97 Å². The number of nitrogens with zero attached hydrogens (tertiary/aromatic N) is 1. The molecule has 1 aliphatic rings. The van der Waals surface area contributed by atoms with Gasteiger partial charge >= 0.3 is 5.97 Å². The van der Waals surface area contributed by atoms with E-state index in [2.05, 4.69) is 15.0 Å². The fraction of sp³-hybridized carbons (Fsp3) is 0.556. The summed E-state index contributed by atoms with van der Waals surface area (Å²) in [4.78, 5) is 10.8. The van der Waals surface area contributed by atoms with Gasteiger partial charge in [-0.15, -0.1) is 0 Å². The zero-order valence-corrected chi connectivity index (χ0v) is 7.69. The lowest BCUT2D eigenvalue weighted by Crippen LogP contribution is -2.28. The summed E-state index contributed by atoms with van der Waals surface area (Å²) in [5.41, 5.74) is 0.696. The van der Waals surface area contributed by atoms with E-state index in [-0.39, 0.29) is 11.6 Å². The molecule has 1 unspecified atom stereocenters. The number of carboxylic acids is 1. The second-order valence-corrected chi connectivity index (χ2v) is 3.42. The Labute approximate surface area is 81.1 Å². The van der Waals surface area contributed by atoms with Crippen molar-refractivity contribution < 1.29 is 14.4 Å². The van der Waals surface area contributed by atoms with Gasteiger partial charge < -0.3 is 14.9 Å². The number of carboxylic acid groups (broad SMARTS) is 1. The molecule has 5 nitrogen and oxygen atoms in total. The minimum atomic E-state index is -0.978. The van der Waals surface area contributed by atoms with Crippen molar-refractivity contribution in [2.45, 2.75) is 25.3 Å². The summed E-state index contributed by atoms with van der Waals surface area (Å²) in [6.45, 7) is 0.913. The topological polar surface area (TPSA) is 75.4 Å². The van der Waals surface area contributed by atoms with Gasteiger partial charge in [0, 0.05) is 0 Å². The fourth-order valence-corrected chi connectivity index (χ4v) is 1.74. The molecule has 2 heterocycles. The van der Waals surface area contributed by atoms with Crippen LogP contribution in [-0.4, -0.2) is 22.8 Å². The molecule has 1 aromatic rings. The number of aromatic nitrogens is 1. The third kappa shape index (κ3) is 1.63. The van der Waals surface area contributed by atoms with Crippen LogP contribution in [0.4, 0.5) is 0 Å². The highest BCUT2D eigenvalue weighted by atomic mass is 16.5. The molecule has 2 N–H and O–H groups in total. The lowest BCUT2D eigenvalue weighted by molar-refractivity contribution is 0.0694. The predicted octanol–water partition coefficient (Wildman–Crippen LogP) is 1.19. The number of rotatable bonds is 2. The number of nitrogens with one attached hydrogen (secondary N) is 1. The number of piperidine rings is 1. The second-order valence-electron chi connectivity index (χ2n) is 3.42. The van der Waals surface area contributed by atoms with Crippen molar-refractivity contribution in [3.05, 3.63) is 17.5 Å². The lowest BCUT2D eigenvalue weighted by atomic mass is 10.00. The highest BCUT2D eigenvalue weighted by Gasteiger charge is 2.24. The Morgan fingerprint density at radius 3 is 3.14 bits per heavy atom. The number of hydrogen-bond acceptors (Lipinski definition) is 4. The molecular weight excluding hydrogens is 184 g/mol. The molecule has 0 amide bonds. The van der Waals surface area contributed by atoms with Crippen LogP contribution in [0.5, 0.6) is 0 Å². The third-order valence-corrected chi connectivity index (χ3v) is 2.47. The van der Waals surface area contributed by atoms with Gasteiger partial charge in [-0.05, 0) is 19.4 Å². The van der Waals surface area contributed by atoms with Crippen molar-refractivity contribution in [1.29, 1.82) is 0 Å². The molecule has 14 heavy (non-hydrogen) atoms. The number of aromatic carboxylic acids is 1. The van der Waals surface area contributed by atoms with Crippen molar-refractivity contribution in [3.8, 4) is 0 Å². The summed E-state index contributed by atoms with van der Waals surface area (Å²) in [5.74, 6) is -0.978. The van der Waals surface area contributed by atoms with Gasteiger partial charge in [-0.25, -0.2) is 4.79 Å². The molecule has 0 saturated carbocycles. The number of hydrogen-bond donors (Lipinski definition) is 2. The minimum absolute atomic E-state index is 0.0357. The van der Waals surface area contributed by atoms with Crippen LogP contribution < -0.4 is 5.32 Å². The van der Waals surface area contributed by atoms with Gasteiger partial charge in [0.2, 0.25) is 0 Å². The van der Waals surface area contributed by atoms with E-state index in [4.69, 9.17) is 5.11 Å². The zero-order valence-electron chi connectivity index (χ0n) is 7.69. The Kier molecular flexibility index (Phi) is 2.49. The van der Waals surface area contributed by atoms with Gasteiger partial charge in [-0.1, -0.05) is 11.6 Å². The maximum absolute atomic E-state index is 10.8. The highest BCUT2D eigenvalue weighted by molar-refractivity contribution is 5.88. The van der Waals surface area contributed by atoms with Crippen LogP contribution in [0.15, 0.2) is 10.8 Å². The molecule has 1 fully saturated rings. The molecule has 0 bridgehead atoms. The number of carbonyl (C=O) groups is 1. The van der Waals surface area contributed by atoms with E-state index in [1.165, 1.54) is 6.26 Å². The standard InChI is InChI=1S/C9H12N2O3/c12-9(13)6-5-14-11-8(6)7-3-1-2-4-10-7/h5,7,10H,1-4H2,(H,12,13). The molecule has 0 radical (unpaired) electrons. The van der Waals surface area contributed by atoms with Crippen molar-refractivity contribution in [1.82, 2.24) is 10.5 Å². The van der Waals surface area contributed by atoms with Crippen LogP contribution in [0.25, 0.3) is 0 Å². The zero-order chi connectivity index (χ0) is 9.97. The van der Waals surface area contributed by atoms with Crippen LogP contribution in [0.3, 0.4) is 0 Å². The average molecular weight is 196 g/mol. The average Bonchev–Trinajstić information content (AvgIpc) is 2.67. The predicted molar refractivity (Wildman–Crippen MR) is 48.1 cm³/mol. The molecule has 1 aliphatic heterocycles. The van der Waals surface area contributed by atoms with E-state index in [0.29, 0.717) is 5.69 Å². The van der Waals surface area contributed by atoms with Crippen LogP contribution >= 0.6 is 0 Å². The molecule has 1 atom stereocenters. The summed E-state index contributed by atoms with van der Waals surface area (Å²) in [7, 11) is 0. The van der Waals surface area contributed by atoms with Gasteiger partial charge in [0.15, 0.2) is 0 Å². The first-order valence-electron chi connectivity index (χ1n) is 4.70. The Hall–Kier alpha value is -1.36. The maximum atomic E-state index is 10.8. The van der Waals surface area contributed by atoms with E-state index in [9.17, 15) is 4.79 Å². The fourth-order valence-electron chi connectivity index (χ4n) is 1.74. The molecule has 1 aromatic heterocycles. The molecule has 76 valence electrons. The Bertz CT molecular complexity index is 329. The maximum Gasteiger partial charge on any atom is 0.341 e. The van der Waals surface area contributed by atoms with E-state index in [0.717, 1.165) is 25.8 Å². The van der Waals surface area contributed by atoms with Crippen LogP contribution in [-0.2, 0) is 0 Å². The summed E-state index contributed by atoms with van der Waals surface area (Å²) < 4.78 is 4.69. The summed E-state index contributed by atoms with van der Waals surface area (Å²) >= 11 is 0. The first-order valence-corrected chi connectivity index (χ1v) is 4.70. The van der Waals surface area contributed by atoms with Gasteiger partial charge in [-0.3, -0.25) is 0 Å². The second kappa shape index (κ2) is 3.79. The lowest BCUT2D eigenvalue weighted by Gasteiger charge is -2.21. The first-order chi connectivity index (χ1) is 6.79. The van der Waals surface area contributed by atoms with Gasteiger partial charge in [0.05, 0.1) is 6.04 Å². The van der Waals surface area contributed by atoms with Gasteiger partial charge in [-0.2, -0.15) is 0 Å². The summed E-state index contributed by atoms with van der Waals surface area (Å²) in [5, 5.41) is 15.8. The van der Waals surface area contributed by atoms with Crippen LogP contribution in [0.1, 0.15) is 41.4 Å².